The van der Waals surface area contributed by atoms with Crippen LogP contribution in [0.15, 0.2) is 69.7 Å². The van der Waals surface area contributed by atoms with Crippen LogP contribution in [0.2, 0.25) is 0 Å². The number of nitrogens with zero attached hydrogens (tertiary/aromatic N) is 3. The van der Waals surface area contributed by atoms with Gasteiger partial charge in [-0.3, -0.25) is 4.79 Å². The number of aryl methyl sites for hydroxylation is 1. The van der Waals surface area contributed by atoms with Crippen molar-refractivity contribution in [3.8, 4) is 22.7 Å². The molecule has 0 radical (unpaired) electrons. The van der Waals surface area contributed by atoms with Crippen molar-refractivity contribution in [2.45, 2.75) is 13.5 Å². The van der Waals surface area contributed by atoms with E-state index < -0.39 is 0 Å². The van der Waals surface area contributed by atoms with Gasteiger partial charge < -0.3 is 14.4 Å². The Morgan fingerprint density at radius 2 is 1.74 bits per heavy atom. The van der Waals surface area contributed by atoms with E-state index >= 15 is 0 Å². The van der Waals surface area contributed by atoms with Crippen molar-refractivity contribution >= 4 is 5.91 Å². The highest BCUT2D eigenvalue weighted by molar-refractivity contribution is 5.93. The molecule has 0 spiro atoms. The zero-order chi connectivity index (χ0) is 18.6. The van der Waals surface area contributed by atoms with Gasteiger partial charge in [-0.05, 0) is 5.56 Å². The van der Waals surface area contributed by atoms with Crippen molar-refractivity contribution in [1.29, 1.82) is 0 Å². The predicted octanol–water partition coefficient (Wildman–Crippen LogP) is 3.63. The minimum absolute atomic E-state index is 0.243. The lowest BCUT2D eigenvalue weighted by atomic mass is 10.1. The van der Waals surface area contributed by atoms with E-state index in [4.69, 9.17) is 9.05 Å². The van der Waals surface area contributed by atoms with Crippen LogP contribution >= 0.6 is 0 Å². The van der Waals surface area contributed by atoms with Crippen LogP contribution in [0, 0.1) is 6.92 Å². The Hall–Kier alpha value is -3.74. The fourth-order valence-corrected chi connectivity index (χ4v) is 2.58. The molecular formula is C20H16N4O3. The maximum Gasteiger partial charge on any atom is 0.273 e. The van der Waals surface area contributed by atoms with Gasteiger partial charge in [-0.2, -0.15) is 4.98 Å². The summed E-state index contributed by atoms with van der Waals surface area (Å²) in [5.74, 6) is 1.32. The smallest absolute Gasteiger partial charge is 0.273 e. The Kier molecular flexibility index (Phi) is 4.49. The molecule has 0 saturated carbocycles. The first-order valence-corrected chi connectivity index (χ1v) is 8.39. The zero-order valence-electron chi connectivity index (χ0n) is 14.5. The normalized spacial score (nSPS) is 10.7. The number of carbonyl (C=O) groups excluding carboxylic acids is 1. The molecule has 0 unspecified atom stereocenters. The summed E-state index contributed by atoms with van der Waals surface area (Å²) in [6.45, 7) is 2.12. The number of rotatable bonds is 5. The second-order valence-corrected chi connectivity index (χ2v) is 5.96. The van der Waals surface area contributed by atoms with E-state index in [1.807, 2.05) is 54.6 Å². The van der Waals surface area contributed by atoms with Crippen LogP contribution in [0.1, 0.15) is 21.9 Å². The number of amides is 1. The largest absolute Gasteiger partial charge is 0.355 e. The molecule has 134 valence electrons. The Bertz CT molecular complexity index is 1050. The fourth-order valence-electron chi connectivity index (χ4n) is 2.58. The van der Waals surface area contributed by atoms with Gasteiger partial charge >= 0.3 is 0 Å². The van der Waals surface area contributed by atoms with E-state index in [9.17, 15) is 4.79 Å². The van der Waals surface area contributed by atoms with E-state index in [0.29, 0.717) is 24.0 Å². The molecular weight excluding hydrogens is 344 g/mol. The van der Waals surface area contributed by atoms with Crippen LogP contribution in [0.4, 0.5) is 0 Å². The summed E-state index contributed by atoms with van der Waals surface area (Å²) < 4.78 is 10.2. The van der Waals surface area contributed by atoms with Gasteiger partial charge in [-0.1, -0.05) is 64.9 Å². The lowest BCUT2D eigenvalue weighted by molar-refractivity contribution is 0.0942. The number of hydrogen-bond acceptors (Lipinski definition) is 6. The summed E-state index contributed by atoms with van der Waals surface area (Å²) in [5.41, 5.74) is 2.91. The van der Waals surface area contributed by atoms with Crippen LogP contribution in [-0.4, -0.2) is 21.2 Å². The third-order valence-corrected chi connectivity index (χ3v) is 3.99. The number of hydrogen-bond donors (Lipinski definition) is 1. The van der Waals surface area contributed by atoms with Crippen LogP contribution in [0.25, 0.3) is 22.7 Å². The highest BCUT2D eigenvalue weighted by Gasteiger charge is 2.13. The first kappa shape index (κ1) is 16.7. The van der Waals surface area contributed by atoms with Crippen molar-refractivity contribution < 1.29 is 13.8 Å². The Balaban J connectivity index is 1.39. The number of carbonyl (C=O) groups is 1. The van der Waals surface area contributed by atoms with Crippen molar-refractivity contribution in [2.75, 3.05) is 0 Å². The van der Waals surface area contributed by atoms with Gasteiger partial charge in [0.15, 0.2) is 11.5 Å². The van der Waals surface area contributed by atoms with Crippen molar-refractivity contribution in [3.05, 3.63) is 77.8 Å². The molecule has 0 saturated heterocycles. The Morgan fingerprint density at radius 3 is 2.44 bits per heavy atom. The monoisotopic (exact) mass is 360 g/mol. The summed E-state index contributed by atoms with van der Waals surface area (Å²) in [7, 11) is 0. The van der Waals surface area contributed by atoms with Gasteiger partial charge in [-0.25, -0.2) is 0 Å². The Morgan fingerprint density at radius 1 is 0.963 bits per heavy atom. The molecule has 2 aromatic carbocycles. The average molecular weight is 360 g/mol. The SMILES string of the molecule is Cc1nc(-c2ccc(CNC(=O)c3cc(-c4ccccc4)on3)cc2)no1. The zero-order valence-corrected chi connectivity index (χ0v) is 14.5. The van der Waals surface area contributed by atoms with Crippen molar-refractivity contribution in [1.82, 2.24) is 20.6 Å². The molecule has 2 heterocycles. The molecule has 0 aliphatic heterocycles. The molecule has 2 aromatic heterocycles. The fraction of sp³-hybridized carbons (Fsp3) is 0.100. The van der Waals surface area contributed by atoms with Crippen LogP contribution in [0.5, 0.6) is 0 Å². The van der Waals surface area contributed by atoms with Gasteiger partial charge in [0.25, 0.3) is 5.91 Å². The van der Waals surface area contributed by atoms with Crippen LogP contribution in [0.3, 0.4) is 0 Å². The molecule has 0 aliphatic rings. The van der Waals surface area contributed by atoms with E-state index in [1.165, 1.54) is 0 Å². The summed E-state index contributed by atoms with van der Waals surface area (Å²) in [6.07, 6.45) is 0. The number of nitrogens with one attached hydrogen (secondary N) is 1. The lowest BCUT2D eigenvalue weighted by Gasteiger charge is -2.03. The van der Waals surface area contributed by atoms with Gasteiger partial charge in [0.05, 0.1) is 0 Å². The average Bonchev–Trinajstić information content (AvgIpc) is 3.37. The van der Waals surface area contributed by atoms with Gasteiger partial charge in [0.2, 0.25) is 11.7 Å². The highest BCUT2D eigenvalue weighted by Crippen LogP contribution is 2.20. The molecule has 0 fully saturated rings. The maximum atomic E-state index is 12.3. The lowest BCUT2D eigenvalue weighted by Crippen LogP contribution is -2.22. The summed E-state index contributed by atoms with van der Waals surface area (Å²) in [5, 5.41) is 10.6. The third-order valence-electron chi connectivity index (χ3n) is 3.99. The maximum absolute atomic E-state index is 12.3. The molecule has 7 heteroatoms. The Labute approximate surface area is 155 Å². The molecule has 27 heavy (non-hydrogen) atoms. The van der Waals surface area contributed by atoms with Crippen LogP contribution < -0.4 is 5.32 Å². The predicted molar refractivity (Wildman–Crippen MR) is 97.6 cm³/mol. The molecule has 0 aliphatic carbocycles. The summed E-state index contributed by atoms with van der Waals surface area (Å²) >= 11 is 0. The quantitative estimate of drug-likeness (QED) is 0.584. The minimum Gasteiger partial charge on any atom is -0.355 e. The first-order chi connectivity index (χ1) is 13.2. The van der Waals surface area contributed by atoms with E-state index in [-0.39, 0.29) is 11.6 Å². The number of benzene rings is 2. The molecule has 1 amide bonds. The second-order valence-electron chi connectivity index (χ2n) is 5.96. The van der Waals surface area contributed by atoms with Gasteiger partial charge in [0.1, 0.15) is 0 Å². The van der Waals surface area contributed by atoms with Gasteiger partial charge in [0, 0.05) is 30.7 Å². The molecule has 4 aromatic rings. The van der Waals surface area contributed by atoms with E-state index in [1.54, 1.807) is 13.0 Å². The highest BCUT2D eigenvalue weighted by atomic mass is 16.5. The molecule has 7 nitrogen and oxygen atoms in total. The molecule has 0 atom stereocenters. The third kappa shape index (κ3) is 3.77. The topological polar surface area (TPSA) is 94.1 Å². The molecule has 0 bridgehead atoms. The first-order valence-electron chi connectivity index (χ1n) is 8.39. The standard InChI is InChI=1S/C20H16N4O3/c1-13-22-19(24-26-13)16-9-7-14(8-10-16)12-21-20(25)17-11-18(27-23-17)15-5-3-2-4-6-15/h2-11H,12H2,1H3,(H,21,25). The number of aromatic nitrogens is 3. The van der Waals surface area contributed by atoms with Crippen molar-refractivity contribution in [3.63, 3.8) is 0 Å². The molecule has 4 rings (SSSR count). The van der Waals surface area contributed by atoms with Crippen LogP contribution in [-0.2, 0) is 6.54 Å². The van der Waals surface area contributed by atoms with Gasteiger partial charge in [-0.15, -0.1) is 0 Å². The van der Waals surface area contributed by atoms with Crippen molar-refractivity contribution in [2.24, 2.45) is 0 Å². The molecule has 1 N–H and O–H groups in total. The second kappa shape index (κ2) is 7.25. The summed E-state index contributed by atoms with van der Waals surface area (Å²) in [6, 6.07) is 18.7. The van der Waals surface area contributed by atoms with E-state index in [2.05, 4.69) is 20.6 Å². The summed E-state index contributed by atoms with van der Waals surface area (Å²) in [4.78, 5) is 16.5. The minimum atomic E-state index is -0.293. The van der Waals surface area contributed by atoms with E-state index in [0.717, 1.165) is 16.7 Å².